The zero-order valence-electron chi connectivity index (χ0n) is 25.6. The summed E-state index contributed by atoms with van der Waals surface area (Å²) in [4.78, 5) is 29.4. The van der Waals surface area contributed by atoms with Crippen molar-refractivity contribution in [2.75, 3.05) is 20.2 Å². The largest absolute Gasteiger partial charge is 0.494 e. The van der Waals surface area contributed by atoms with E-state index in [1.54, 1.807) is 12.1 Å². The molecule has 0 bridgehead atoms. The van der Waals surface area contributed by atoms with Crippen LogP contribution in [0.3, 0.4) is 0 Å². The first kappa shape index (κ1) is 31.9. The van der Waals surface area contributed by atoms with E-state index in [0.29, 0.717) is 31.5 Å². The minimum Gasteiger partial charge on any atom is -0.494 e. The summed E-state index contributed by atoms with van der Waals surface area (Å²) in [6, 6.07) is 9.50. The van der Waals surface area contributed by atoms with E-state index in [9.17, 15) is 23.5 Å². The summed E-state index contributed by atoms with van der Waals surface area (Å²) in [5, 5.41) is 14.3. The molecule has 1 saturated carbocycles. The minimum atomic E-state index is -0.835. The van der Waals surface area contributed by atoms with E-state index in [1.807, 2.05) is 20.8 Å². The number of carbonyl (C=O) groups excluding carboxylic acids is 2. The molecule has 0 spiro atoms. The van der Waals surface area contributed by atoms with Gasteiger partial charge < -0.3 is 14.4 Å². The van der Waals surface area contributed by atoms with Gasteiger partial charge in [0.1, 0.15) is 23.1 Å². The molecule has 0 amide bonds. The standard InChI is InChI=1S/C34H39F3N2O5/c1-32(2,25-6-5-7-29(43-4)31(25)37)16-23(40)17-34(19-39(20-34)22-10-12-33(3,42)13-11-22)18-28(41)27-15-30(44-38-27)24-9-8-21(35)14-26(24)36/h5-9,14-15,22,42H,10-13,16-20H2,1-4H3. The van der Waals surface area contributed by atoms with Gasteiger partial charge in [-0.3, -0.25) is 14.5 Å². The Morgan fingerprint density at radius 2 is 1.80 bits per heavy atom. The number of halogens is 3. The molecule has 3 aromatic rings. The predicted molar refractivity (Wildman–Crippen MR) is 158 cm³/mol. The fourth-order valence-electron chi connectivity index (χ4n) is 6.86. The van der Waals surface area contributed by atoms with Gasteiger partial charge in [0.15, 0.2) is 23.1 Å². The average Bonchev–Trinajstić information content (AvgIpc) is 3.41. The maximum Gasteiger partial charge on any atom is 0.185 e. The van der Waals surface area contributed by atoms with Gasteiger partial charge in [-0.15, -0.1) is 0 Å². The van der Waals surface area contributed by atoms with Crippen LogP contribution in [0.15, 0.2) is 47.0 Å². The van der Waals surface area contributed by atoms with Crippen LogP contribution in [0.1, 0.15) is 81.8 Å². The molecule has 1 aliphatic heterocycles. The average molecular weight is 613 g/mol. The van der Waals surface area contributed by atoms with Gasteiger partial charge in [-0.1, -0.05) is 31.1 Å². The molecule has 1 N–H and O–H groups in total. The Morgan fingerprint density at radius 1 is 1.09 bits per heavy atom. The molecule has 2 fully saturated rings. The van der Waals surface area contributed by atoms with Crippen LogP contribution in [0, 0.1) is 22.9 Å². The molecule has 2 aromatic carbocycles. The number of likely N-dealkylation sites (tertiary alicyclic amines) is 1. The van der Waals surface area contributed by atoms with E-state index in [-0.39, 0.29) is 59.6 Å². The number of rotatable bonds is 11. The first-order valence-electron chi connectivity index (χ1n) is 15.0. The number of ether oxygens (including phenoxy) is 1. The summed E-state index contributed by atoms with van der Waals surface area (Å²) in [5.41, 5.74) is -1.81. The Balaban J connectivity index is 1.33. The highest BCUT2D eigenvalue weighted by molar-refractivity contribution is 5.96. The maximum absolute atomic E-state index is 15.1. The highest BCUT2D eigenvalue weighted by Crippen LogP contribution is 2.45. The Hall–Kier alpha value is -3.50. The first-order valence-corrected chi connectivity index (χ1v) is 15.0. The van der Waals surface area contributed by atoms with Crippen molar-refractivity contribution < 1.29 is 37.1 Å². The van der Waals surface area contributed by atoms with Gasteiger partial charge in [-0.2, -0.15) is 0 Å². The summed E-state index contributed by atoms with van der Waals surface area (Å²) in [5.74, 6) is -2.40. The van der Waals surface area contributed by atoms with E-state index < -0.39 is 33.9 Å². The molecule has 1 aliphatic carbocycles. The molecular formula is C34H39F3N2O5. The second-order valence-electron chi connectivity index (χ2n) is 13.5. The normalized spacial score (nSPS) is 22.0. The van der Waals surface area contributed by atoms with Gasteiger partial charge in [0.05, 0.1) is 18.3 Å². The summed E-state index contributed by atoms with van der Waals surface area (Å²) >= 11 is 0. The summed E-state index contributed by atoms with van der Waals surface area (Å²) in [7, 11) is 1.39. The topological polar surface area (TPSA) is 92.9 Å². The second kappa shape index (κ2) is 12.1. The number of ketones is 2. The maximum atomic E-state index is 15.1. The Bertz CT molecular complexity index is 1530. The third kappa shape index (κ3) is 6.76. The van der Waals surface area contributed by atoms with Crippen LogP contribution in [0.25, 0.3) is 11.3 Å². The molecule has 0 atom stereocenters. The van der Waals surface area contributed by atoms with Crippen LogP contribution in [0.2, 0.25) is 0 Å². The summed E-state index contributed by atoms with van der Waals surface area (Å²) in [6.45, 7) is 6.50. The van der Waals surface area contributed by atoms with Gasteiger partial charge >= 0.3 is 0 Å². The molecule has 10 heteroatoms. The highest BCUT2D eigenvalue weighted by Gasteiger charge is 2.49. The molecule has 5 rings (SSSR count). The lowest BCUT2D eigenvalue weighted by molar-refractivity contribution is -0.128. The molecule has 0 unspecified atom stereocenters. The fraction of sp³-hybridized carbons (Fsp3) is 0.500. The second-order valence-corrected chi connectivity index (χ2v) is 13.5. The number of hydrogen-bond donors (Lipinski definition) is 1. The van der Waals surface area contributed by atoms with E-state index >= 15 is 4.39 Å². The molecule has 1 saturated heterocycles. The van der Waals surface area contributed by atoms with Crippen LogP contribution in [0.5, 0.6) is 5.75 Å². The third-order valence-electron chi connectivity index (χ3n) is 9.28. The van der Waals surface area contributed by atoms with Crippen LogP contribution in [-0.4, -0.2) is 58.6 Å². The van der Waals surface area contributed by atoms with Crippen molar-refractivity contribution in [3.05, 3.63) is 71.2 Å². The van der Waals surface area contributed by atoms with E-state index in [1.165, 1.54) is 25.3 Å². The molecule has 2 aliphatic rings. The predicted octanol–water partition coefficient (Wildman–Crippen LogP) is 6.66. The fourth-order valence-corrected chi connectivity index (χ4v) is 6.86. The SMILES string of the molecule is COc1cccc(C(C)(C)CC(=O)CC2(CC(=O)c3cc(-c4ccc(F)cc4F)on3)CN(C3CCC(C)(O)CC3)C2)c1F. The van der Waals surface area contributed by atoms with E-state index in [4.69, 9.17) is 9.26 Å². The van der Waals surface area contributed by atoms with Crippen LogP contribution >= 0.6 is 0 Å². The van der Waals surface area contributed by atoms with Gasteiger partial charge in [0, 0.05) is 55.9 Å². The van der Waals surface area contributed by atoms with E-state index in [2.05, 4.69) is 10.1 Å². The lowest BCUT2D eigenvalue weighted by Crippen LogP contribution is -2.62. The minimum absolute atomic E-state index is 0.00138. The third-order valence-corrected chi connectivity index (χ3v) is 9.28. The van der Waals surface area contributed by atoms with Crippen LogP contribution in [0.4, 0.5) is 13.2 Å². The number of carbonyl (C=O) groups is 2. The Morgan fingerprint density at radius 3 is 2.45 bits per heavy atom. The summed E-state index contributed by atoms with van der Waals surface area (Å²) < 4.78 is 53.2. The van der Waals surface area contributed by atoms with Crippen molar-refractivity contribution in [1.29, 1.82) is 0 Å². The van der Waals surface area contributed by atoms with Crippen LogP contribution < -0.4 is 4.74 Å². The zero-order valence-corrected chi connectivity index (χ0v) is 25.6. The number of hydrogen-bond acceptors (Lipinski definition) is 7. The van der Waals surface area contributed by atoms with Crippen molar-refractivity contribution in [1.82, 2.24) is 10.1 Å². The smallest absolute Gasteiger partial charge is 0.185 e. The Labute approximate surface area is 255 Å². The van der Waals surface area contributed by atoms with Crippen LogP contribution in [-0.2, 0) is 10.2 Å². The number of nitrogens with zero attached hydrogens (tertiary/aromatic N) is 2. The molecule has 0 radical (unpaired) electrons. The molecule has 1 aromatic heterocycles. The number of aliphatic hydroxyl groups is 1. The molecule has 2 heterocycles. The van der Waals surface area contributed by atoms with Gasteiger partial charge in [0.25, 0.3) is 0 Å². The molecule has 236 valence electrons. The quantitative estimate of drug-likeness (QED) is 0.242. The number of benzene rings is 2. The summed E-state index contributed by atoms with van der Waals surface area (Å²) in [6.07, 6.45) is 3.21. The van der Waals surface area contributed by atoms with Gasteiger partial charge in [-0.25, -0.2) is 13.2 Å². The first-order chi connectivity index (χ1) is 20.7. The lowest BCUT2D eigenvalue weighted by Gasteiger charge is -2.55. The Kier molecular flexibility index (Phi) is 8.79. The molecule has 7 nitrogen and oxygen atoms in total. The zero-order chi connectivity index (χ0) is 31.9. The lowest BCUT2D eigenvalue weighted by atomic mass is 9.68. The number of methoxy groups -OCH3 is 1. The molecular weight excluding hydrogens is 573 g/mol. The molecule has 44 heavy (non-hydrogen) atoms. The number of Topliss-reactive ketones (excluding diaryl/α,β-unsaturated/α-hetero) is 2. The van der Waals surface area contributed by atoms with Crippen molar-refractivity contribution in [3.8, 4) is 17.1 Å². The van der Waals surface area contributed by atoms with Gasteiger partial charge in [0.2, 0.25) is 0 Å². The monoisotopic (exact) mass is 612 g/mol. The van der Waals surface area contributed by atoms with Crippen molar-refractivity contribution in [3.63, 3.8) is 0 Å². The highest BCUT2D eigenvalue weighted by atomic mass is 19.1. The van der Waals surface area contributed by atoms with Crippen molar-refractivity contribution in [2.45, 2.75) is 82.8 Å². The van der Waals surface area contributed by atoms with Crippen molar-refractivity contribution in [2.24, 2.45) is 5.41 Å². The number of aromatic nitrogens is 1. The van der Waals surface area contributed by atoms with E-state index in [0.717, 1.165) is 25.0 Å². The van der Waals surface area contributed by atoms with Gasteiger partial charge in [-0.05, 0) is 61.8 Å². The van der Waals surface area contributed by atoms with Crippen molar-refractivity contribution >= 4 is 11.6 Å².